The standard InChI is InChI=1S/C26H37F3N4O3/c1-16-13-21-20(6-5-18(3)25(21,35)14-22(16)36-19(4)34)17(2)15-32-9-11-33(12-10-32)24-30-8-7-23(31-24)26(27,28)29/h7-8,13,17-18,20-22,35H,5-6,9-12,14-15H2,1-4H3/t17-,18+,20-,21+,22+,25+/m0/s1. The second-order valence-corrected chi connectivity index (χ2v) is 10.9. The summed E-state index contributed by atoms with van der Waals surface area (Å²) in [6, 6.07) is 0.892. The summed E-state index contributed by atoms with van der Waals surface area (Å²) < 4.78 is 44.6. The minimum Gasteiger partial charge on any atom is -0.458 e. The van der Waals surface area contributed by atoms with Gasteiger partial charge < -0.3 is 14.7 Å². The summed E-state index contributed by atoms with van der Waals surface area (Å²) in [6.45, 7) is 11.1. The SMILES string of the molecule is CC(=O)O[C@@H]1C[C@@]2(O)[C@H](C)CC[C@@H]([C@@H](C)CN3CCN(c4nccc(C(F)(F)F)n4)CC3)[C@H]2C=C1C. The normalized spacial score (nSPS) is 32.4. The lowest BCUT2D eigenvalue weighted by Crippen LogP contribution is -2.56. The fourth-order valence-electron chi connectivity index (χ4n) is 6.33. The Morgan fingerprint density at radius 3 is 2.61 bits per heavy atom. The number of esters is 1. The van der Waals surface area contributed by atoms with Gasteiger partial charge in [-0.2, -0.15) is 13.2 Å². The van der Waals surface area contributed by atoms with E-state index in [2.05, 4.69) is 34.8 Å². The highest BCUT2D eigenvalue weighted by Gasteiger charge is 2.52. The van der Waals surface area contributed by atoms with Crippen LogP contribution in [0.4, 0.5) is 19.1 Å². The van der Waals surface area contributed by atoms with E-state index in [9.17, 15) is 23.1 Å². The molecule has 6 atom stereocenters. The molecule has 2 heterocycles. The second kappa shape index (κ2) is 10.3. The zero-order valence-corrected chi connectivity index (χ0v) is 21.5. The van der Waals surface area contributed by atoms with Crippen LogP contribution in [-0.4, -0.2) is 70.4 Å². The van der Waals surface area contributed by atoms with Crippen molar-refractivity contribution in [2.24, 2.45) is 23.7 Å². The van der Waals surface area contributed by atoms with E-state index in [0.717, 1.165) is 37.2 Å². The second-order valence-electron chi connectivity index (χ2n) is 10.9. The monoisotopic (exact) mass is 510 g/mol. The third-order valence-electron chi connectivity index (χ3n) is 8.46. The first-order valence-electron chi connectivity index (χ1n) is 12.8. The number of nitrogens with zero attached hydrogens (tertiary/aromatic N) is 4. The van der Waals surface area contributed by atoms with Gasteiger partial charge in [0.1, 0.15) is 11.8 Å². The number of rotatable bonds is 5. The quantitative estimate of drug-likeness (QED) is 0.475. The maximum absolute atomic E-state index is 13.0. The molecule has 2 aliphatic carbocycles. The van der Waals surface area contributed by atoms with E-state index in [1.165, 1.54) is 6.92 Å². The predicted molar refractivity (Wildman–Crippen MR) is 129 cm³/mol. The van der Waals surface area contributed by atoms with Crippen molar-refractivity contribution in [2.75, 3.05) is 37.6 Å². The summed E-state index contributed by atoms with van der Waals surface area (Å²) in [6.07, 6.45) is 0.801. The Hall–Kier alpha value is -2.20. The van der Waals surface area contributed by atoms with E-state index in [1.54, 1.807) is 4.90 Å². The third-order valence-corrected chi connectivity index (χ3v) is 8.46. The van der Waals surface area contributed by atoms with Crippen molar-refractivity contribution in [3.63, 3.8) is 0 Å². The molecule has 36 heavy (non-hydrogen) atoms. The molecule has 1 N–H and O–H groups in total. The number of ether oxygens (including phenoxy) is 1. The van der Waals surface area contributed by atoms with Crippen LogP contribution in [0.3, 0.4) is 0 Å². The first-order valence-corrected chi connectivity index (χ1v) is 12.8. The van der Waals surface area contributed by atoms with Gasteiger partial charge in [0.15, 0.2) is 0 Å². The minimum absolute atomic E-state index is 0.00264. The van der Waals surface area contributed by atoms with Gasteiger partial charge in [0, 0.05) is 58.2 Å². The van der Waals surface area contributed by atoms with Crippen molar-refractivity contribution < 1.29 is 27.8 Å². The van der Waals surface area contributed by atoms with Gasteiger partial charge in [-0.15, -0.1) is 0 Å². The molecule has 1 saturated heterocycles. The average molecular weight is 511 g/mol. The van der Waals surface area contributed by atoms with Crippen LogP contribution < -0.4 is 4.90 Å². The fraction of sp³-hybridized carbons (Fsp3) is 0.731. The molecule has 0 amide bonds. The summed E-state index contributed by atoms with van der Waals surface area (Å²) >= 11 is 0. The van der Waals surface area contributed by atoms with Crippen LogP contribution in [0.1, 0.15) is 52.7 Å². The van der Waals surface area contributed by atoms with E-state index in [0.29, 0.717) is 44.4 Å². The number of anilines is 1. The summed E-state index contributed by atoms with van der Waals surface area (Å²) in [5.74, 6) is 0.517. The number of alkyl halides is 3. The van der Waals surface area contributed by atoms with Crippen molar-refractivity contribution in [3.05, 3.63) is 29.6 Å². The van der Waals surface area contributed by atoms with E-state index >= 15 is 0 Å². The molecule has 4 rings (SSSR count). The topological polar surface area (TPSA) is 78.8 Å². The Morgan fingerprint density at radius 1 is 1.28 bits per heavy atom. The fourth-order valence-corrected chi connectivity index (χ4v) is 6.33. The molecule has 3 aliphatic rings. The molecular weight excluding hydrogens is 473 g/mol. The number of fused-ring (bicyclic) bond motifs is 1. The average Bonchev–Trinajstić information content (AvgIpc) is 2.81. The zero-order chi connectivity index (χ0) is 26.3. The number of halogens is 3. The van der Waals surface area contributed by atoms with Gasteiger partial charge in [0.2, 0.25) is 5.95 Å². The highest BCUT2D eigenvalue weighted by atomic mass is 19.4. The number of piperazine rings is 1. The number of aliphatic hydroxyl groups is 1. The smallest absolute Gasteiger partial charge is 0.433 e. The molecule has 1 saturated carbocycles. The molecule has 1 aromatic rings. The van der Waals surface area contributed by atoms with Gasteiger partial charge in [-0.05, 0) is 49.2 Å². The molecule has 200 valence electrons. The molecule has 0 unspecified atom stereocenters. The van der Waals surface area contributed by atoms with Crippen LogP contribution in [-0.2, 0) is 15.7 Å². The van der Waals surface area contributed by atoms with Crippen LogP contribution in [0.15, 0.2) is 23.9 Å². The highest BCUT2D eigenvalue weighted by molar-refractivity contribution is 5.66. The van der Waals surface area contributed by atoms with Crippen molar-refractivity contribution in [2.45, 2.75) is 64.8 Å². The number of carbonyl (C=O) groups is 1. The van der Waals surface area contributed by atoms with Gasteiger partial charge in [-0.1, -0.05) is 19.9 Å². The predicted octanol–water partition coefficient (Wildman–Crippen LogP) is 3.93. The van der Waals surface area contributed by atoms with Crippen molar-refractivity contribution >= 4 is 11.9 Å². The lowest BCUT2D eigenvalue weighted by Gasteiger charge is -2.53. The largest absolute Gasteiger partial charge is 0.458 e. The Kier molecular flexibility index (Phi) is 7.67. The molecular formula is C26H37F3N4O3. The molecule has 0 spiro atoms. The molecule has 1 aliphatic heterocycles. The highest BCUT2D eigenvalue weighted by Crippen LogP contribution is 2.51. The lowest BCUT2D eigenvalue weighted by atomic mass is 9.57. The third kappa shape index (κ3) is 5.54. The lowest BCUT2D eigenvalue weighted by molar-refractivity contribution is -0.159. The number of aromatic nitrogens is 2. The molecule has 7 nitrogen and oxygen atoms in total. The Labute approximate surface area is 210 Å². The Balaban J connectivity index is 1.39. The molecule has 0 bridgehead atoms. The van der Waals surface area contributed by atoms with E-state index < -0.39 is 17.5 Å². The summed E-state index contributed by atoms with van der Waals surface area (Å²) in [5.41, 5.74) is -0.828. The Bertz CT molecular complexity index is 979. The summed E-state index contributed by atoms with van der Waals surface area (Å²) in [4.78, 5) is 23.5. The Morgan fingerprint density at radius 2 is 1.97 bits per heavy atom. The molecule has 1 aromatic heterocycles. The maximum Gasteiger partial charge on any atom is 0.433 e. The van der Waals surface area contributed by atoms with E-state index in [-0.39, 0.29) is 29.9 Å². The molecule has 0 aromatic carbocycles. The van der Waals surface area contributed by atoms with E-state index in [1.807, 2.05) is 6.92 Å². The number of hydrogen-bond acceptors (Lipinski definition) is 7. The number of carbonyl (C=O) groups excluding carboxylic acids is 1. The van der Waals surface area contributed by atoms with Gasteiger partial charge in [-0.3, -0.25) is 9.69 Å². The van der Waals surface area contributed by atoms with Gasteiger partial charge in [0.25, 0.3) is 0 Å². The number of hydrogen-bond donors (Lipinski definition) is 1. The zero-order valence-electron chi connectivity index (χ0n) is 21.5. The van der Waals surface area contributed by atoms with Crippen molar-refractivity contribution in [3.8, 4) is 0 Å². The van der Waals surface area contributed by atoms with Crippen LogP contribution in [0, 0.1) is 23.7 Å². The van der Waals surface area contributed by atoms with Crippen molar-refractivity contribution in [1.82, 2.24) is 14.9 Å². The summed E-state index contributed by atoms with van der Waals surface area (Å²) in [7, 11) is 0. The molecule has 10 heteroatoms. The van der Waals surface area contributed by atoms with Gasteiger partial charge in [-0.25, -0.2) is 9.97 Å². The van der Waals surface area contributed by atoms with Crippen LogP contribution in [0.25, 0.3) is 0 Å². The summed E-state index contributed by atoms with van der Waals surface area (Å²) in [5, 5.41) is 11.8. The minimum atomic E-state index is -4.49. The van der Waals surface area contributed by atoms with Gasteiger partial charge >= 0.3 is 12.1 Å². The maximum atomic E-state index is 13.0. The van der Waals surface area contributed by atoms with Gasteiger partial charge in [0.05, 0.1) is 5.60 Å². The van der Waals surface area contributed by atoms with Crippen LogP contribution >= 0.6 is 0 Å². The molecule has 0 radical (unpaired) electrons. The van der Waals surface area contributed by atoms with Crippen LogP contribution in [0.2, 0.25) is 0 Å². The first-order chi connectivity index (χ1) is 16.9. The van der Waals surface area contributed by atoms with Crippen LogP contribution in [0.5, 0.6) is 0 Å². The molecule has 2 fully saturated rings. The first kappa shape index (κ1) is 26.9. The van der Waals surface area contributed by atoms with Crippen molar-refractivity contribution in [1.29, 1.82) is 0 Å². The van der Waals surface area contributed by atoms with E-state index in [4.69, 9.17) is 4.74 Å².